The quantitative estimate of drug-likeness (QED) is 0.727. The normalized spacial score (nSPS) is 27.6. The number of carboxylic acids is 1. The van der Waals surface area contributed by atoms with Gasteiger partial charge in [-0.2, -0.15) is 0 Å². The number of carbonyl (C=O) groups excluding carboxylic acids is 1. The van der Waals surface area contributed by atoms with Crippen LogP contribution in [-0.2, 0) is 9.59 Å². The molecule has 2 rings (SSSR count). The molecule has 2 atom stereocenters. The highest BCUT2D eigenvalue weighted by Crippen LogP contribution is 2.31. The Labute approximate surface area is 115 Å². The maximum absolute atomic E-state index is 11.9. The van der Waals surface area contributed by atoms with Crippen molar-refractivity contribution in [1.29, 1.82) is 0 Å². The number of carbonyl (C=O) groups is 2. The maximum atomic E-state index is 11.9. The molecule has 0 radical (unpaired) electrons. The molecular formula is C15H25NO3. The minimum Gasteiger partial charge on any atom is -0.481 e. The van der Waals surface area contributed by atoms with E-state index in [-0.39, 0.29) is 17.7 Å². The predicted molar refractivity (Wildman–Crippen MR) is 72.7 cm³/mol. The molecule has 0 aromatic heterocycles. The smallest absolute Gasteiger partial charge is 0.306 e. The molecule has 1 amide bonds. The average molecular weight is 267 g/mol. The molecule has 2 aliphatic carbocycles. The van der Waals surface area contributed by atoms with Gasteiger partial charge in [0.2, 0.25) is 5.91 Å². The Balaban J connectivity index is 1.58. The van der Waals surface area contributed by atoms with Crippen molar-refractivity contribution in [1.82, 2.24) is 5.32 Å². The summed E-state index contributed by atoms with van der Waals surface area (Å²) in [7, 11) is 0. The summed E-state index contributed by atoms with van der Waals surface area (Å²) < 4.78 is 0. The van der Waals surface area contributed by atoms with Crippen LogP contribution in [-0.4, -0.2) is 23.5 Å². The Morgan fingerprint density at radius 3 is 2.37 bits per heavy atom. The van der Waals surface area contributed by atoms with Crippen LogP contribution in [0.25, 0.3) is 0 Å². The molecule has 0 aromatic carbocycles. The van der Waals surface area contributed by atoms with E-state index >= 15 is 0 Å². The van der Waals surface area contributed by atoms with E-state index < -0.39 is 5.97 Å². The number of aliphatic carboxylic acids is 1. The monoisotopic (exact) mass is 267 g/mol. The summed E-state index contributed by atoms with van der Waals surface area (Å²) in [5, 5.41) is 11.9. The average Bonchev–Trinajstić information content (AvgIpc) is 3.05. The third-order valence-corrected chi connectivity index (χ3v) is 4.72. The molecule has 4 heteroatoms. The van der Waals surface area contributed by atoms with Crippen LogP contribution in [0, 0.1) is 17.8 Å². The van der Waals surface area contributed by atoms with Crippen molar-refractivity contribution in [3.8, 4) is 0 Å². The summed E-state index contributed by atoms with van der Waals surface area (Å²) in [6.07, 6.45) is 9.64. The lowest BCUT2D eigenvalue weighted by Gasteiger charge is -2.12. The molecule has 2 aliphatic rings. The molecule has 0 unspecified atom stereocenters. The second kappa shape index (κ2) is 6.92. The fourth-order valence-electron chi connectivity index (χ4n) is 3.49. The highest BCUT2D eigenvalue weighted by molar-refractivity contribution is 5.80. The third-order valence-electron chi connectivity index (χ3n) is 4.72. The molecule has 0 bridgehead atoms. The van der Waals surface area contributed by atoms with Gasteiger partial charge in [-0.3, -0.25) is 9.59 Å². The zero-order valence-corrected chi connectivity index (χ0v) is 11.6. The van der Waals surface area contributed by atoms with Crippen molar-refractivity contribution in [3.63, 3.8) is 0 Å². The third kappa shape index (κ3) is 4.22. The highest BCUT2D eigenvalue weighted by atomic mass is 16.4. The zero-order chi connectivity index (χ0) is 13.7. The second-order valence-electron chi connectivity index (χ2n) is 6.13. The van der Waals surface area contributed by atoms with Crippen molar-refractivity contribution >= 4 is 11.9 Å². The molecule has 2 fully saturated rings. The summed E-state index contributed by atoms with van der Waals surface area (Å²) >= 11 is 0. The fourth-order valence-corrected chi connectivity index (χ4v) is 3.49. The van der Waals surface area contributed by atoms with Gasteiger partial charge in [0.25, 0.3) is 0 Å². The van der Waals surface area contributed by atoms with E-state index in [4.69, 9.17) is 5.11 Å². The van der Waals surface area contributed by atoms with Gasteiger partial charge in [0, 0.05) is 12.5 Å². The van der Waals surface area contributed by atoms with Crippen molar-refractivity contribution in [2.75, 3.05) is 6.54 Å². The largest absolute Gasteiger partial charge is 0.481 e. The number of carboxylic acid groups (broad SMARTS) is 1. The predicted octanol–water partition coefficient (Wildman–Crippen LogP) is 2.57. The van der Waals surface area contributed by atoms with Crippen molar-refractivity contribution in [2.24, 2.45) is 17.8 Å². The Morgan fingerprint density at radius 1 is 1.05 bits per heavy atom. The number of hydrogen-bond acceptors (Lipinski definition) is 2. The molecule has 2 N–H and O–H groups in total. The zero-order valence-electron chi connectivity index (χ0n) is 11.6. The van der Waals surface area contributed by atoms with Crippen LogP contribution in [0.2, 0.25) is 0 Å². The molecule has 2 saturated carbocycles. The first-order valence-corrected chi connectivity index (χ1v) is 7.67. The molecule has 0 heterocycles. The number of rotatable bonds is 6. The minimum atomic E-state index is -0.753. The van der Waals surface area contributed by atoms with Crippen LogP contribution in [0.4, 0.5) is 0 Å². The Bertz CT molecular complexity index is 323. The van der Waals surface area contributed by atoms with E-state index in [1.807, 2.05) is 0 Å². The molecule has 19 heavy (non-hydrogen) atoms. The van der Waals surface area contributed by atoms with Gasteiger partial charge in [0.15, 0.2) is 0 Å². The van der Waals surface area contributed by atoms with Gasteiger partial charge in [-0.05, 0) is 38.0 Å². The van der Waals surface area contributed by atoms with Gasteiger partial charge in [0.1, 0.15) is 0 Å². The lowest BCUT2D eigenvalue weighted by Crippen LogP contribution is -2.30. The molecule has 0 saturated heterocycles. The van der Waals surface area contributed by atoms with E-state index in [1.165, 1.54) is 32.1 Å². The fraction of sp³-hybridized carbons (Fsp3) is 0.867. The van der Waals surface area contributed by atoms with Crippen molar-refractivity contribution in [2.45, 2.75) is 57.8 Å². The standard InChI is InChI=1S/C15H25NO3/c17-14(12-7-8-13(10-12)15(18)19)16-9-3-6-11-4-1-2-5-11/h11-13H,1-10H2,(H,16,17)(H,18,19)/t12-,13+/m1/s1. The SMILES string of the molecule is O=C(O)[C@H]1CC[C@@H](C(=O)NCCCC2CCCC2)C1. The first kappa shape index (κ1) is 14.4. The minimum absolute atomic E-state index is 0.0650. The summed E-state index contributed by atoms with van der Waals surface area (Å²) in [4.78, 5) is 22.8. The molecule has 0 aromatic rings. The molecule has 0 spiro atoms. The molecule has 4 nitrogen and oxygen atoms in total. The van der Waals surface area contributed by atoms with Gasteiger partial charge in [-0.1, -0.05) is 25.7 Å². The Hall–Kier alpha value is -1.06. The lowest BCUT2D eigenvalue weighted by atomic mass is 10.0. The van der Waals surface area contributed by atoms with Crippen LogP contribution in [0.15, 0.2) is 0 Å². The summed E-state index contributed by atoms with van der Waals surface area (Å²) in [6, 6.07) is 0. The van der Waals surface area contributed by atoms with Crippen molar-refractivity contribution < 1.29 is 14.7 Å². The van der Waals surface area contributed by atoms with Crippen molar-refractivity contribution in [3.05, 3.63) is 0 Å². The lowest BCUT2D eigenvalue weighted by molar-refractivity contribution is -0.141. The van der Waals surface area contributed by atoms with Gasteiger partial charge < -0.3 is 10.4 Å². The van der Waals surface area contributed by atoms with E-state index in [0.29, 0.717) is 12.8 Å². The molecule has 0 aliphatic heterocycles. The first-order chi connectivity index (χ1) is 9.16. The topological polar surface area (TPSA) is 66.4 Å². The highest BCUT2D eigenvalue weighted by Gasteiger charge is 2.33. The van der Waals surface area contributed by atoms with E-state index in [0.717, 1.165) is 25.3 Å². The number of hydrogen-bond donors (Lipinski definition) is 2. The van der Waals surface area contributed by atoms with Gasteiger partial charge in [0.05, 0.1) is 5.92 Å². The van der Waals surface area contributed by atoms with Gasteiger partial charge in [-0.15, -0.1) is 0 Å². The Kier molecular flexibility index (Phi) is 5.23. The Morgan fingerprint density at radius 2 is 1.74 bits per heavy atom. The summed E-state index contributed by atoms with van der Waals surface area (Å²) in [5.41, 5.74) is 0. The number of nitrogens with one attached hydrogen (secondary N) is 1. The first-order valence-electron chi connectivity index (χ1n) is 7.67. The van der Waals surface area contributed by atoms with Crippen LogP contribution in [0.5, 0.6) is 0 Å². The van der Waals surface area contributed by atoms with E-state index in [9.17, 15) is 9.59 Å². The van der Waals surface area contributed by atoms with Gasteiger partial charge in [-0.25, -0.2) is 0 Å². The van der Waals surface area contributed by atoms with Crippen LogP contribution >= 0.6 is 0 Å². The van der Waals surface area contributed by atoms with E-state index in [1.54, 1.807) is 0 Å². The summed E-state index contributed by atoms with van der Waals surface area (Å²) in [6.45, 7) is 0.754. The molecular weight excluding hydrogens is 242 g/mol. The number of amides is 1. The summed E-state index contributed by atoms with van der Waals surface area (Å²) in [5.74, 6) is -0.201. The van der Waals surface area contributed by atoms with Crippen LogP contribution in [0.3, 0.4) is 0 Å². The molecule has 108 valence electrons. The van der Waals surface area contributed by atoms with E-state index in [2.05, 4.69) is 5.32 Å². The maximum Gasteiger partial charge on any atom is 0.306 e. The second-order valence-corrected chi connectivity index (χ2v) is 6.13. The van der Waals surface area contributed by atoms with Crippen LogP contribution < -0.4 is 5.32 Å². The van der Waals surface area contributed by atoms with Crippen LogP contribution in [0.1, 0.15) is 57.8 Å². The van der Waals surface area contributed by atoms with Gasteiger partial charge >= 0.3 is 5.97 Å².